The van der Waals surface area contributed by atoms with Gasteiger partial charge in [0.05, 0.1) is 6.10 Å². The van der Waals surface area contributed by atoms with Gasteiger partial charge in [-0.2, -0.15) is 0 Å². The van der Waals surface area contributed by atoms with Gasteiger partial charge in [-0.25, -0.2) is 4.39 Å². The van der Waals surface area contributed by atoms with Crippen molar-refractivity contribution < 1.29 is 14.2 Å². The van der Waals surface area contributed by atoms with Gasteiger partial charge in [-0.1, -0.05) is 6.42 Å². The molecule has 1 aliphatic carbocycles. The second-order valence-corrected chi connectivity index (χ2v) is 6.86. The quantitative estimate of drug-likeness (QED) is 0.894. The van der Waals surface area contributed by atoms with Gasteiger partial charge >= 0.3 is 0 Å². The van der Waals surface area contributed by atoms with Crippen molar-refractivity contribution in [3.63, 3.8) is 0 Å². The fraction of sp³-hybridized carbons (Fsp3) is 0.647. The molecule has 0 saturated heterocycles. The Kier molecular flexibility index (Phi) is 5.22. The van der Waals surface area contributed by atoms with Crippen LogP contribution in [0.1, 0.15) is 52.0 Å². The van der Waals surface area contributed by atoms with Crippen molar-refractivity contribution in [3.8, 4) is 5.75 Å². The van der Waals surface area contributed by atoms with Crippen molar-refractivity contribution in [1.29, 1.82) is 0 Å². The van der Waals surface area contributed by atoms with Crippen molar-refractivity contribution >= 4 is 0 Å². The Hall–Kier alpha value is -1.13. The predicted octanol–water partition coefficient (Wildman–Crippen LogP) is 3.40. The zero-order chi connectivity index (χ0) is 15.5. The molecule has 3 nitrogen and oxygen atoms in total. The maximum absolute atomic E-state index is 13.5. The molecule has 1 aliphatic rings. The number of hydrogen-bond donors (Lipinski definition) is 2. The topological polar surface area (TPSA) is 41.5 Å². The SMILES string of the molecule is CC(C)(C)NCc1cc(F)ccc1OC1CCCCC1O. The summed E-state index contributed by atoms with van der Waals surface area (Å²) in [7, 11) is 0. The minimum Gasteiger partial charge on any atom is -0.487 e. The number of ether oxygens (including phenoxy) is 1. The van der Waals surface area contributed by atoms with Crippen molar-refractivity contribution in [2.45, 2.75) is 70.7 Å². The summed E-state index contributed by atoms with van der Waals surface area (Å²) in [5.74, 6) is 0.399. The summed E-state index contributed by atoms with van der Waals surface area (Å²) < 4.78 is 19.5. The van der Waals surface area contributed by atoms with Crippen LogP contribution in [0.4, 0.5) is 4.39 Å². The average molecular weight is 295 g/mol. The Morgan fingerprint density at radius 1 is 1.29 bits per heavy atom. The van der Waals surface area contributed by atoms with E-state index in [4.69, 9.17) is 4.74 Å². The third kappa shape index (κ3) is 4.97. The Balaban J connectivity index is 2.10. The second kappa shape index (κ2) is 6.75. The molecule has 1 fully saturated rings. The molecule has 0 spiro atoms. The highest BCUT2D eigenvalue weighted by molar-refractivity contribution is 5.34. The monoisotopic (exact) mass is 295 g/mol. The molecule has 2 unspecified atom stereocenters. The molecule has 0 aliphatic heterocycles. The molecule has 1 saturated carbocycles. The van der Waals surface area contributed by atoms with Gasteiger partial charge in [-0.3, -0.25) is 0 Å². The smallest absolute Gasteiger partial charge is 0.124 e. The number of benzene rings is 1. The van der Waals surface area contributed by atoms with E-state index in [2.05, 4.69) is 26.1 Å². The van der Waals surface area contributed by atoms with Crippen molar-refractivity contribution in [3.05, 3.63) is 29.6 Å². The summed E-state index contributed by atoms with van der Waals surface area (Å²) in [5.41, 5.74) is 0.746. The molecule has 2 N–H and O–H groups in total. The van der Waals surface area contributed by atoms with Crippen LogP contribution < -0.4 is 10.1 Å². The van der Waals surface area contributed by atoms with E-state index in [9.17, 15) is 9.50 Å². The van der Waals surface area contributed by atoms with E-state index in [0.717, 1.165) is 31.2 Å². The molecule has 0 radical (unpaired) electrons. The van der Waals surface area contributed by atoms with E-state index in [1.807, 2.05) is 0 Å². The van der Waals surface area contributed by atoms with Crippen LogP contribution in [0.2, 0.25) is 0 Å². The van der Waals surface area contributed by atoms with Gasteiger partial charge in [-0.05, 0) is 58.2 Å². The fourth-order valence-corrected chi connectivity index (χ4v) is 2.54. The third-order valence-corrected chi connectivity index (χ3v) is 3.78. The van der Waals surface area contributed by atoms with Gasteiger partial charge in [0, 0.05) is 17.6 Å². The molecule has 1 aromatic rings. The van der Waals surface area contributed by atoms with Crippen LogP contribution in [0.25, 0.3) is 0 Å². The molecule has 2 atom stereocenters. The zero-order valence-corrected chi connectivity index (χ0v) is 13.2. The molecule has 0 heterocycles. The first kappa shape index (κ1) is 16.2. The molecule has 0 aromatic heterocycles. The number of rotatable bonds is 4. The van der Waals surface area contributed by atoms with E-state index >= 15 is 0 Å². The van der Waals surface area contributed by atoms with Crippen LogP contribution in [-0.2, 0) is 6.54 Å². The summed E-state index contributed by atoms with van der Waals surface area (Å²) in [6, 6.07) is 4.57. The van der Waals surface area contributed by atoms with E-state index in [0.29, 0.717) is 12.3 Å². The lowest BCUT2D eigenvalue weighted by atomic mass is 9.95. The Bertz CT molecular complexity index is 470. The van der Waals surface area contributed by atoms with Gasteiger partial charge in [0.2, 0.25) is 0 Å². The van der Waals surface area contributed by atoms with Crippen LogP contribution in [0.5, 0.6) is 5.75 Å². The van der Waals surface area contributed by atoms with Gasteiger partial charge in [0.1, 0.15) is 17.7 Å². The first-order chi connectivity index (χ1) is 9.85. The Labute approximate surface area is 126 Å². The van der Waals surface area contributed by atoms with E-state index in [-0.39, 0.29) is 17.5 Å². The predicted molar refractivity (Wildman–Crippen MR) is 81.9 cm³/mol. The molecule has 0 amide bonds. The van der Waals surface area contributed by atoms with Crippen molar-refractivity contribution in [2.24, 2.45) is 0 Å². The van der Waals surface area contributed by atoms with Crippen molar-refractivity contribution in [2.75, 3.05) is 0 Å². The normalized spacial score (nSPS) is 23.1. The number of aliphatic hydroxyl groups is 1. The lowest BCUT2D eigenvalue weighted by Crippen LogP contribution is -2.36. The first-order valence-corrected chi connectivity index (χ1v) is 7.73. The van der Waals surface area contributed by atoms with Gasteiger partial charge in [0.25, 0.3) is 0 Å². The molecule has 1 aromatic carbocycles. The largest absolute Gasteiger partial charge is 0.487 e. The lowest BCUT2D eigenvalue weighted by molar-refractivity contribution is 0.00628. The first-order valence-electron chi connectivity index (χ1n) is 7.73. The molecule has 4 heteroatoms. The summed E-state index contributed by atoms with van der Waals surface area (Å²) in [4.78, 5) is 0. The number of hydrogen-bond acceptors (Lipinski definition) is 3. The number of halogens is 1. The fourth-order valence-electron chi connectivity index (χ4n) is 2.54. The van der Waals surface area contributed by atoms with Crippen molar-refractivity contribution in [1.82, 2.24) is 5.32 Å². The van der Waals surface area contributed by atoms with Gasteiger partial charge < -0.3 is 15.2 Å². The second-order valence-electron chi connectivity index (χ2n) is 6.86. The molecule has 21 heavy (non-hydrogen) atoms. The maximum Gasteiger partial charge on any atom is 0.124 e. The Morgan fingerprint density at radius 3 is 2.67 bits per heavy atom. The summed E-state index contributed by atoms with van der Waals surface area (Å²) >= 11 is 0. The highest BCUT2D eigenvalue weighted by atomic mass is 19.1. The minimum absolute atomic E-state index is 0.0477. The van der Waals surface area contributed by atoms with E-state index in [1.54, 1.807) is 6.07 Å². The molecular formula is C17H26FNO2. The van der Waals surface area contributed by atoms with Crippen LogP contribution in [0.15, 0.2) is 18.2 Å². The standard InChI is InChI=1S/C17H26FNO2/c1-17(2,3)19-11-12-10-13(18)8-9-15(12)21-16-7-5-4-6-14(16)20/h8-10,14,16,19-20H,4-7,11H2,1-3H3. The number of aliphatic hydroxyl groups excluding tert-OH is 1. The summed E-state index contributed by atoms with van der Waals surface area (Å²) in [5, 5.41) is 13.4. The van der Waals surface area contributed by atoms with Crippen LogP contribution in [0.3, 0.4) is 0 Å². The molecule has 2 rings (SSSR count). The summed E-state index contributed by atoms with van der Waals surface area (Å²) in [6.45, 7) is 6.74. The lowest BCUT2D eigenvalue weighted by Gasteiger charge is -2.29. The number of nitrogens with one attached hydrogen (secondary N) is 1. The average Bonchev–Trinajstić information content (AvgIpc) is 2.40. The Morgan fingerprint density at radius 2 is 2.00 bits per heavy atom. The minimum atomic E-state index is -0.424. The highest BCUT2D eigenvalue weighted by Gasteiger charge is 2.25. The van der Waals surface area contributed by atoms with Gasteiger partial charge in [0.15, 0.2) is 0 Å². The molecule has 0 bridgehead atoms. The highest BCUT2D eigenvalue weighted by Crippen LogP contribution is 2.27. The summed E-state index contributed by atoms with van der Waals surface area (Å²) in [6.07, 6.45) is 3.14. The van der Waals surface area contributed by atoms with Gasteiger partial charge in [-0.15, -0.1) is 0 Å². The van der Waals surface area contributed by atoms with Crippen LogP contribution in [-0.4, -0.2) is 22.9 Å². The van der Waals surface area contributed by atoms with Crippen LogP contribution in [0, 0.1) is 5.82 Å². The third-order valence-electron chi connectivity index (χ3n) is 3.78. The molecular weight excluding hydrogens is 269 g/mol. The maximum atomic E-state index is 13.5. The molecule has 118 valence electrons. The van der Waals surface area contributed by atoms with E-state index in [1.165, 1.54) is 12.1 Å². The van der Waals surface area contributed by atoms with Crippen LogP contribution >= 0.6 is 0 Å². The van der Waals surface area contributed by atoms with E-state index < -0.39 is 6.10 Å². The zero-order valence-electron chi connectivity index (χ0n) is 13.2.